The highest BCUT2D eigenvalue weighted by Gasteiger charge is 2.27. The van der Waals surface area contributed by atoms with Gasteiger partial charge in [-0.3, -0.25) is 0 Å². The molecule has 2 unspecified atom stereocenters. The Labute approximate surface area is 127 Å². The minimum Gasteiger partial charge on any atom is -0.508 e. The molecule has 7 heteroatoms. The normalized spacial score (nSPS) is 22.5. The summed E-state index contributed by atoms with van der Waals surface area (Å²) in [6.07, 6.45) is 1.59. The molecule has 0 spiro atoms. The predicted octanol–water partition coefficient (Wildman–Crippen LogP) is 2.20. The van der Waals surface area contributed by atoms with Crippen molar-refractivity contribution in [3.05, 3.63) is 27.7 Å². The van der Waals surface area contributed by atoms with Gasteiger partial charge in [-0.25, -0.2) is 4.79 Å². The predicted molar refractivity (Wildman–Crippen MR) is 79.5 cm³/mol. The molecule has 1 aliphatic rings. The van der Waals surface area contributed by atoms with Gasteiger partial charge in [-0.05, 0) is 37.4 Å². The van der Waals surface area contributed by atoms with Crippen LogP contribution in [0.1, 0.15) is 24.3 Å². The zero-order valence-electron chi connectivity index (χ0n) is 10.8. The van der Waals surface area contributed by atoms with Crippen molar-refractivity contribution < 1.29 is 9.90 Å². The molecule has 0 saturated carbocycles. The maximum atomic E-state index is 10.8. The monoisotopic (exact) mass is 317 g/mol. The SMILES string of the molecule is NC(=O)NCC1CC(c2c(O)ccc(Cl)c2Cl)CCN1. The van der Waals surface area contributed by atoms with E-state index in [9.17, 15) is 9.90 Å². The number of benzene rings is 1. The van der Waals surface area contributed by atoms with Gasteiger partial charge in [0.2, 0.25) is 0 Å². The van der Waals surface area contributed by atoms with E-state index in [4.69, 9.17) is 28.9 Å². The van der Waals surface area contributed by atoms with Gasteiger partial charge in [-0.2, -0.15) is 0 Å². The molecule has 2 atom stereocenters. The van der Waals surface area contributed by atoms with Crippen LogP contribution in [-0.4, -0.2) is 30.3 Å². The van der Waals surface area contributed by atoms with Gasteiger partial charge in [0.15, 0.2) is 0 Å². The van der Waals surface area contributed by atoms with Crippen molar-refractivity contribution in [2.75, 3.05) is 13.1 Å². The molecule has 5 nitrogen and oxygen atoms in total. The van der Waals surface area contributed by atoms with E-state index in [2.05, 4.69) is 10.6 Å². The molecule has 0 radical (unpaired) electrons. The minimum atomic E-state index is -0.544. The Balaban J connectivity index is 2.13. The molecule has 1 fully saturated rings. The van der Waals surface area contributed by atoms with Crippen LogP contribution < -0.4 is 16.4 Å². The van der Waals surface area contributed by atoms with Crippen molar-refractivity contribution in [1.82, 2.24) is 10.6 Å². The molecule has 1 aromatic carbocycles. The van der Waals surface area contributed by atoms with Crippen LogP contribution in [0.15, 0.2) is 12.1 Å². The van der Waals surface area contributed by atoms with Crippen LogP contribution in [0.25, 0.3) is 0 Å². The number of phenolic OH excluding ortho intramolecular Hbond substituents is 1. The fourth-order valence-electron chi connectivity index (χ4n) is 2.59. The highest BCUT2D eigenvalue weighted by molar-refractivity contribution is 6.42. The Morgan fingerprint density at radius 2 is 2.25 bits per heavy atom. The van der Waals surface area contributed by atoms with Gasteiger partial charge < -0.3 is 21.5 Å². The summed E-state index contributed by atoms with van der Waals surface area (Å²) in [6.45, 7) is 1.23. The van der Waals surface area contributed by atoms with Gasteiger partial charge in [-0.15, -0.1) is 0 Å². The number of halogens is 2. The number of phenols is 1. The van der Waals surface area contributed by atoms with Gasteiger partial charge in [-0.1, -0.05) is 23.2 Å². The van der Waals surface area contributed by atoms with E-state index in [-0.39, 0.29) is 17.7 Å². The number of carbonyl (C=O) groups excluding carboxylic acids is 1. The smallest absolute Gasteiger partial charge is 0.312 e. The first-order valence-electron chi connectivity index (χ1n) is 6.42. The third kappa shape index (κ3) is 3.48. The molecule has 0 aromatic heterocycles. The van der Waals surface area contributed by atoms with Crippen LogP contribution in [-0.2, 0) is 0 Å². The molecule has 1 aliphatic heterocycles. The highest BCUT2D eigenvalue weighted by Crippen LogP contribution is 2.41. The molecular formula is C13H17Cl2N3O2. The molecular weight excluding hydrogens is 301 g/mol. The van der Waals surface area contributed by atoms with Crippen molar-refractivity contribution in [2.24, 2.45) is 5.73 Å². The van der Waals surface area contributed by atoms with Crippen molar-refractivity contribution >= 4 is 29.2 Å². The first-order chi connectivity index (χ1) is 9.49. The Kier molecular flexibility index (Phi) is 4.96. The van der Waals surface area contributed by atoms with Crippen molar-refractivity contribution in [3.8, 4) is 5.75 Å². The molecule has 0 aliphatic carbocycles. The minimum absolute atomic E-state index is 0.0932. The lowest BCUT2D eigenvalue weighted by atomic mass is 9.86. The summed E-state index contributed by atoms with van der Waals surface area (Å²) >= 11 is 12.2. The van der Waals surface area contributed by atoms with Gasteiger partial charge >= 0.3 is 6.03 Å². The molecule has 20 heavy (non-hydrogen) atoms. The van der Waals surface area contributed by atoms with Crippen LogP contribution in [0, 0.1) is 0 Å². The quantitative estimate of drug-likeness (QED) is 0.689. The molecule has 1 heterocycles. The number of amides is 2. The Morgan fingerprint density at radius 3 is 2.95 bits per heavy atom. The number of nitrogens with one attached hydrogen (secondary N) is 2. The van der Waals surface area contributed by atoms with Crippen molar-refractivity contribution in [1.29, 1.82) is 0 Å². The van der Waals surface area contributed by atoms with E-state index in [0.717, 1.165) is 19.4 Å². The second kappa shape index (κ2) is 6.52. The molecule has 5 N–H and O–H groups in total. The van der Waals surface area contributed by atoms with E-state index < -0.39 is 6.03 Å². The van der Waals surface area contributed by atoms with E-state index >= 15 is 0 Å². The topological polar surface area (TPSA) is 87.4 Å². The van der Waals surface area contributed by atoms with Crippen LogP contribution >= 0.6 is 23.2 Å². The second-order valence-corrected chi connectivity index (χ2v) is 5.70. The number of carbonyl (C=O) groups is 1. The second-order valence-electron chi connectivity index (χ2n) is 4.91. The largest absolute Gasteiger partial charge is 0.508 e. The molecule has 2 amide bonds. The molecule has 0 bridgehead atoms. The van der Waals surface area contributed by atoms with Gasteiger partial charge in [0.05, 0.1) is 10.0 Å². The maximum absolute atomic E-state index is 10.8. The van der Waals surface area contributed by atoms with E-state index in [1.54, 1.807) is 12.1 Å². The van der Waals surface area contributed by atoms with Crippen molar-refractivity contribution in [2.45, 2.75) is 24.8 Å². The standard InChI is InChI=1S/C13H17Cl2N3O2/c14-9-1-2-10(19)11(12(9)15)7-3-4-17-8(5-7)6-18-13(16)20/h1-2,7-8,17,19H,3-6H2,(H3,16,18,20). The summed E-state index contributed by atoms with van der Waals surface area (Å²) in [5.74, 6) is 0.259. The summed E-state index contributed by atoms with van der Waals surface area (Å²) in [5, 5.41) is 16.7. The third-order valence-corrected chi connectivity index (χ3v) is 4.35. The summed E-state index contributed by atoms with van der Waals surface area (Å²) in [6, 6.07) is 2.69. The molecule has 1 saturated heterocycles. The Hall–Kier alpha value is -1.17. The zero-order valence-corrected chi connectivity index (χ0v) is 12.3. The average molecular weight is 318 g/mol. The van der Waals surface area contributed by atoms with Crippen LogP contribution in [0.5, 0.6) is 5.75 Å². The fraction of sp³-hybridized carbons (Fsp3) is 0.462. The third-order valence-electron chi connectivity index (χ3n) is 3.54. The van der Waals surface area contributed by atoms with Gasteiger partial charge in [0.25, 0.3) is 0 Å². The number of rotatable bonds is 3. The zero-order chi connectivity index (χ0) is 14.7. The number of primary amides is 1. The molecule has 1 aromatic rings. The number of aromatic hydroxyl groups is 1. The molecule has 110 valence electrons. The fourth-order valence-corrected chi connectivity index (χ4v) is 3.07. The van der Waals surface area contributed by atoms with Gasteiger partial charge in [0, 0.05) is 18.2 Å². The van der Waals surface area contributed by atoms with E-state index in [0.29, 0.717) is 22.2 Å². The van der Waals surface area contributed by atoms with Gasteiger partial charge in [0.1, 0.15) is 5.75 Å². The molecule has 2 rings (SSSR count). The lowest BCUT2D eigenvalue weighted by molar-refractivity contribution is 0.245. The number of piperidine rings is 1. The Bertz CT molecular complexity index is 511. The Morgan fingerprint density at radius 1 is 1.50 bits per heavy atom. The number of hydrogen-bond acceptors (Lipinski definition) is 3. The lowest BCUT2D eigenvalue weighted by Gasteiger charge is -2.31. The van der Waals surface area contributed by atoms with Crippen LogP contribution in [0.2, 0.25) is 10.0 Å². The van der Waals surface area contributed by atoms with Crippen molar-refractivity contribution in [3.63, 3.8) is 0 Å². The maximum Gasteiger partial charge on any atom is 0.312 e. The first-order valence-corrected chi connectivity index (χ1v) is 7.18. The van der Waals surface area contributed by atoms with Crippen LogP contribution in [0.3, 0.4) is 0 Å². The average Bonchev–Trinajstić information content (AvgIpc) is 2.42. The van der Waals surface area contributed by atoms with Crippen LogP contribution in [0.4, 0.5) is 4.79 Å². The summed E-state index contributed by atoms with van der Waals surface area (Å²) < 4.78 is 0. The lowest BCUT2D eigenvalue weighted by Crippen LogP contribution is -2.46. The summed E-state index contributed by atoms with van der Waals surface area (Å²) in [7, 11) is 0. The highest BCUT2D eigenvalue weighted by atomic mass is 35.5. The summed E-state index contributed by atoms with van der Waals surface area (Å²) in [4.78, 5) is 10.8. The number of hydrogen-bond donors (Lipinski definition) is 4. The summed E-state index contributed by atoms with van der Waals surface area (Å²) in [5.41, 5.74) is 5.75. The first kappa shape index (κ1) is 15.2. The van der Waals surface area contributed by atoms with E-state index in [1.807, 2.05) is 0 Å². The number of urea groups is 1. The number of nitrogens with two attached hydrogens (primary N) is 1. The van der Waals surface area contributed by atoms with E-state index in [1.165, 1.54) is 0 Å².